The van der Waals surface area contributed by atoms with Crippen LogP contribution in [-0.2, 0) is 4.79 Å². The number of carbonyl (C=O) groups is 2. The number of aromatic carboxylic acids is 1. The third-order valence-electron chi connectivity index (χ3n) is 3.09. The Balaban J connectivity index is 2.04. The highest BCUT2D eigenvalue weighted by Gasteiger charge is 2.45. The van der Waals surface area contributed by atoms with Crippen LogP contribution in [0.5, 0.6) is 5.75 Å². The quantitative estimate of drug-likeness (QED) is 0.926. The van der Waals surface area contributed by atoms with Crippen LogP contribution < -0.4 is 4.74 Å². The maximum absolute atomic E-state index is 12.3. The van der Waals surface area contributed by atoms with Crippen molar-refractivity contribution in [3.8, 4) is 5.75 Å². The number of alkyl halides is 3. The monoisotopic (exact) mass is 303 g/mol. The molecule has 2 rings (SSSR count). The Kier molecular flexibility index (Phi) is 4.06. The number of amides is 1. The second kappa shape index (κ2) is 5.63. The van der Waals surface area contributed by atoms with Crippen LogP contribution in [0.1, 0.15) is 16.8 Å². The van der Waals surface area contributed by atoms with Crippen LogP contribution in [0.4, 0.5) is 13.2 Å². The molecule has 0 aliphatic carbocycles. The second-order valence-electron chi connectivity index (χ2n) is 4.58. The number of para-hydroxylation sites is 1. The Hall–Kier alpha value is -2.25. The second-order valence-corrected chi connectivity index (χ2v) is 4.58. The van der Waals surface area contributed by atoms with Crippen molar-refractivity contribution in [2.45, 2.75) is 18.7 Å². The third-order valence-corrected chi connectivity index (χ3v) is 3.09. The third kappa shape index (κ3) is 3.45. The number of rotatable bonds is 3. The molecule has 0 aromatic heterocycles. The summed E-state index contributed by atoms with van der Waals surface area (Å²) >= 11 is 0. The van der Waals surface area contributed by atoms with Gasteiger partial charge in [-0.2, -0.15) is 13.2 Å². The van der Waals surface area contributed by atoms with E-state index in [1.807, 2.05) is 0 Å². The van der Waals surface area contributed by atoms with Crippen LogP contribution >= 0.6 is 0 Å². The van der Waals surface area contributed by atoms with Gasteiger partial charge in [-0.15, -0.1) is 0 Å². The molecule has 1 aromatic carbocycles. The number of halogens is 3. The first-order valence-corrected chi connectivity index (χ1v) is 6.14. The van der Waals surface area contributed by atoms with Crippen LogP contribution in [0.3, 0.4) is 0 Å². The lowest BCUT2D eigenvalue weighted by atomic mass is 10.2. The standard InChI is InChI=1S/C13H12F3NO4/c14-13(15,16)12(20)17-6-5-8(7-17)21-10-4-2-1-3-9(10)11(18)19/h1-4,8H,5-7H2,(H,18,19). The van der Waals surface area contributed by atoms with Gasteiger partial charge >= 0.3 is 18.1 Å². The van der Waals surface area contributed by atoms with Gasteiger partial charge in [-0.1, -0.05) is 12.1 Å². The van der Waals surface area contributed by atoms with E-state index in [2.05, 4.69) is 0 Å². The van der Waals surface area contributed by atoms with Gasteiger partial charge in [0.25, 0.3) is 0 Å². The number of ether oxygens (including phenoxy) is 1. The van der Waals surface area contributed by atoms with E-state index in [0.29, 0.717) is 4.90 Å². The molecule has 1 aliphatic heterocycles. The first-order valence-electron chi connectivity index (χ1n) is 6.14. The van der Waals surface area contributed by atoms with Crippen molar-refractivity contribution in [3.63, 3.8) is 0 Å². The minimum absolute atomic E-state index is 0.0712. The Bertz CT molecular complexity index is 559. The number of hydrogen-bond donors (Lipinski definition) is 1. The van der Waals surface area contributed by atoms with E-state index in [-0.39, 0.29) is 30.8 Å². The highest BCUT2D eigenvalue weighted by molar-refractivity contribution is 5.90. The summed E-state index contributed by atoms with van der Waals surface area (Å²) in [6.45, 7) is -0.287. The first-order chi connectivity index (χ1) is 9.79. The number of carboxylic acids is 1. The lowest BCUT2D eigenvalue weighted by molar-refractivity contribution is -0.184. The predicted molar refractivity (Wildman–Crippen MR) is 65.1 cm³/mol. The van der Waals surface area contributed by atoms with Crippen LogP contribution in [0.2, 0.25) is 0 Å². The summed E-state index contributed by atoms with van der Waals surface area (Å²) in [5, 5.41) is 8.99. The van der Waals surface area contributed by atoms with Crippen molar-refractivity contribution < 1.29 is 32.6 Å². The van der Waals surface area contributed by atoms with Crippen LogP contribution in [0.25, 0.3) is 0 Å². The van der Waals surface area contributed by atoms with E-state index in [4.69, 9.17) is 9.84 Å². The van der Waals surface area contributed by atoms with Crippen molar-refractivity contribution >= 4 is 11.9 Å². The molecular weight excluding hydrogens is 291 g/mol. The van der Waals surface area contributed by atoms with Crippen LogP contribution in [-0.4, -0.2) is 47.3 Å². The van der Waals surface area contributed by atoms with Crippen molar-refractivity contribution in [2.75, 3.05) is 13.1 Å². The summed E-state index contributed by atoms with van der Waals surface area (Å²) < 4.78 is 42.4. The van der Waals surface area contributed by atoms with E-state index in [0.717, 1.165) is 0 Å². The molecule has 1 aliphatic rings. The zero-order valence-electron chi connectivity index (χ0n) is 10.8. The summed E-state index contributed by atoms with van der Waals surface area (Å²) in [6, 6.07) is 5.85. The number of carboxylic acid groups (broad SMARTS) is 1. The van der Waals surface area contributed by atoms with Crippen LogP contribution in [0, 0.1) is 0 Å². The molecule has 1 fully saturated rings. The smallest absolute Gasteiger partial charge is 0.471 e. The van der Waals surface area contributed by atoms with Gasteiger partial charge in [0.05, 0.1) is 6.54 Å². The molecule has 0 spiro atoms. The molecule has 8 heteroatoms. The fourth-order valence-electron chi connectivity index (χ4n) is 2.11. The summed E-state index contributed by atoms with van der Waals surface area (Å²) in [6.07, 6.45) is -5.35. The van der Waals surface area contributed by atoms with Crippen molar-refractivity contribution in [3.05, 3.63) is 29.8 Å². The maximum Gasteiger partial charge on any atom is 0.471 e. The number of likely N-dealkylation sites (tertiary alicyclic amines) is 1. The average Bonchev–Trinajstić information content (AvgIpc) is 2.85. The fraction of sp³-hybridized carbons (Fsp3) is 0.385. The van der Waals surface area contributed by atoms with Gasteiger partial charge in [0, 0.05) is 13.0 Å². The van der Waals surface area contributed by atoms with E-state index >= 15 is 0 Å². The van der Waals surface area contributed by atoms with Gasteiger partial charge in [-0.05, 0) is 12.1 Å². The molecule has 0 saturated carbocycles. The molecule has 0 bridgehead atoms. The van der Waals surface area contributed by atoms with Gasteiger partial charge in [-0.3, -0.25) is 4.79 Å². The molecule has 1 saturated heterocycles. The van der Waals surface area contributed by atoms with Crippen molar-refractivity contribution in [1.29, 1.82) is 0 Å². The first kappa shape index (κ1) is 15.1. The highest BCUT2D eigenvalue weighted by Crippen LogP contribution is 2.25. The maximum atomic E-state index is 12.3. The Morgan fingerprint density at radius 1 is 1.29 bits per heavy atom. The van der Waals surface area contributed by atoms with Crippen molar-refractivity contribution in [1.82, 2.24) is 4.90 Å². The summed E-state index contributed by atoms with van der Waals surface area (Å²) in [5.74, 6) is -3.01. The van der Waals surface area contributed by atoms with Crippen molar-refractivity contribution in [2.24, 2.45) is 0 Å². The molecular formula is C13H12F3NO4. The van der Waals surface area contributed by atoms with Crippen LogP contribution in [0.15, 0.2) is 24.3 Å². The number of hydrogen-bond acceptors (Lipinski definition) is 3. The van der Waals surface area contributed by atoms with Gasteiger partial charge in [-0.25, -0.2) is 4.79 Å². The summed E-state index contributed by atoms with van der Waals surface area (Å²) in [7, 11) is 0. The molecule has 1 unspecified atom stereocenters. The minimum Gasteiger partial charge on any atom is -0.488 e. The van der Waals surface area contributed by atoms with Gasteiger partial charge in [0.2, 0.25) is 0 Å². The Labute approximate surface area is 117 Å². The molecule has 1 aromatic rings. The topological polar surface area (TPSA) is 66.8 Å². The lowest BCUT2D eigenvalue weighted by Crippen LogP contribution is -2.40. The highest BCUT2D eigenvalue weighted by atomic mass is 19.4. The molecule has 1 amide bonds. The number of nitrogens with zero attached hydrogens (tertiary/aromatic N) is 1. The number of carbonyl (C=O) groups excluding carboxylic acids is 1. The molecule has 5 nitrogen and oxygen atoms in total. The lowest BCUT2D eigenvalue weighted by Gasteiger charge is -2.19. The minimum atomic E-state index is -4.91. The molecule has 1 atom stereocenters. The molecule has 21 heavy (non-hydrogen) atoms. The van der Waals surface area contributed by atoms with E-state index in [1.165, 1.54) is 18.2 Å². The SMILES string of the molecule is O=C(O)c1ccccc1OC1CCN(C(=O)C(F)(F)F)C1. The molecule has 1 heterocycles. The normalized spacial score (nSPS) is 18.6. The fourth-order valence-corrected chi connectivity index (χ4v) is 2.11. The van der Waals surface area contributed by atoms with E-state index < -0.39 is 24.2 Å². The van der Waals surface area contributed by atoms with E-state index in [1.54, 1.807) is 6.07 Å². The summed E-state index contributed by atoms with van der Waals surface area (Å²) in [5.41, 5.74) is -0.0712. The van der Waals surface area contributed by atoms with Gasteiger partial charge < -0.3 is 14.7 Å². The molecule has 114 valence electrons. The predicted octanol–water partition coefficient (Wildman–Crippen LogP) is 1.93. The average molecular weight is 303 g/mol. The zero-order chi connectivity index (χ0) is 15.6. The number of benzene rings is 1. The van der Waals surface area contributed by atoms with E-state index in [9.17, 15) is 22.8 Å². The van der Waals surface area contributed by atoms with Gasteiger partial charge in [0.15, 0.2) is 0 Å². The van der Waals surface area contributed by atoms with Gasteiger partial charge in [0.1, 0.15) is 17.4 Å². The summed E-state index contributed by atoms with van der Waals surface area (Å²) in [4.78, 5) is 22.8. The molecule has 1 N–H and O–H groups in total. The molecule has 0 radical (unpaired) electrons. The largest absolute Gasteiger partial charge is 0.488 e. The Morgan fingerprint density at radius 2 is 1.95 bits per heavy atom. The Morgan fingerprint density at radius 3 is 2.57 bits per heavy atom. The zero-order valence-corrected chi connectivity index (χ0v) is 10.8.